The Balaban J connectivity index is 2.11. The second kappa shape index (κ2) is 3.55. The van der Waals surface area contributed by atoms with Crippen molar-refractivity contribution < 1.29 is 0 Å². The summed E-state index contributed by atoms with van der Waals surface area (Å²) >= 11 is 0. The summed E-state index contributed by atoms with van der Waals surface area (Å²) in [6.07, 6.45) is 6.08. The van der Waals surface area contributed by atoms with Gasteiger partial charge in [-0.3, -0.25) is 0 Å². The highest BCUT2D eigenvalue weighted by Crippen LogP contribution is 2.37. The van der Waals surface area contributed by atoms with E-state index in [4.69, 9.17) is 5.73 Å². The van der Waals surface area contributed by atoms with Gasteiger partial charge in [-0.15, -0.1) is 0 Å². The molecule has 88 valence electrons. The van der Waals surface area contributed by atoms with Gasteiger partial charge in [0.2, 0.25) is 0 Å². The van der Waals surface area contributed by atoms with Gasteiger partial charge in [0, 0.05) is 17.3 Å². The fourth-order valence-electron chi connectivity index (χ4n) is 1.89. The van der Waals surface area contributed by atoms with Gasteiger partial charge in [0.25, 0.3) is 0 Å². The van der Waals surface area contributed by atoms with Gasteiger partial charge in [0.05, 0.1) is 12.5 Å². The van der Waals surface area contributed by atoms with Crippen LogP contribution < -0.4 is 5.73 Å². The van der Waals surface area contributed by atoms with Crippen LogP contribution in [0.25, 0.3) is 11.5 Å². The molecule has 5 nitrogen and oxygen atoms in total. The Bertz CT molecular complexity index is 545. The van der Waals surface area contributed by atoms with E-state index in [0.717, 1.165) is 17.0 Å². The van der Waals surface area contributed by atoms with Crippen molar-refractivity contribution in [2.24, 2.45) is 0 Å². The van der Waals surface area contributed by atoms with Crippen molar-refractivity contribution in [2.45, 2.75) is 32.7 Å². The molecule has 2 N–H and O–H groups in total. The highest BCUT2D eigenvalue weighted by molar-refractivity contribution is 5.54. The maximum Gasteiger partial charge on any atom is 0.180 e. The number of hydrogen-bond acceptors (Lipinski definition) is 4. The van der Waals surface area contributed by atoms with Gasteiger partial charge < -0.3 is 10.3 Å². The summed E-state index contributed by atoms with van der Waals surface area (Å²) in [5.74, 6) is 1.23. The van der Waals surface area contributed by atoms with Crippen LogP contribution in [0.4, 0.5) is 5.82 Å². The minimum atomic E-state index is 0.552. The van der Waals surface area contributed by atoms with E-state index < -0.39 is 0 Å². The molecule has 0 saturated heterocycles. The number of imidazole rings is 1. The summed E-state index contributed by atoms with van der Waals surface area (Å²) in [6, 6.07) is 0.568. The molecular formula is C12H15N5. The van der Waals surface area contributed by atoms with Crippen molar-refractivity contribution in [3.05, 3.63) is 23.8 Å². The molecule has 2 aromatic heterocycles. The standard InChI is InChI=1S/C12H15N5/c1-7-8(2)15-12(16-11(7)13)10-5-14-6-17(10)9-3-4-9/h5-6,9H,3-4H2,1-2H3,(H2,13,15,16). The maximum absolute atomic E-state index is 5.89. The molecule has 1 saturated carbocycles. The van der Waals surface area contributed by atoms with Crippen LogP contribution >= 0.6 is 0 Å². The number of aromatic nitrogens is 4. The topological polar surface area (TPSA) is 69.6 Å². The fraction of sp³-hybridized carbons (Fsp3) is 0.417. The van der Waals surface area contributed by atoms with Crippen LogP contribution in [0.2, 0.25) is 0 Å². The van der Waals surface area contributed by atoms with Crippen molar-refractivity contribution in [3.8, 4) is 11.5 Å². The molecule has 17 heavy (non-hydrogen) atoms. The van der Waals surface area contributed by atoms with Crippen LogP contribution in [0.1, 0.15) is 30.1 Å². The normalized spacial score (nSPS) is 15.2. The van der Waals surface area contributed by atoms with Crippen molar-refractivity contribution in [3.63, 3.8) is 0 Å². The Hall–Kier alpha value is -1.91. The van der Waals surface area contributed by atoms with E-state index in [2.05, 4.69) is 19.5 Å². The molecule has 0 aliphatic heterocycles. The van der Waals surface area contributed by atoms with Crippen LogP contribution in [-0.2, 0) is 0 Å². The molecular weight excluding hydrogens is 214 g/mol. The van der Waals surface area contributed by atoms with E-state index >= 15 is 0 Å². The minimum absolute atomic E-state index is 0.552. The quantitative estimate of drug-likeness (QED) is 0.853. The summed E-state index contributed by atoms with van der Waals surface area (Å²) in [5, 5.41) is 0. The third kappa shape index (κ3) is 1.67. The lowest BCUT2D eigenvalue weighted by molar-refractivity contribution is 0.742. The molecule has 0 amide bonds. The summed E-state index contributed by atoms with van der Waals surface area (Å²) in [7, 11) is 0. The lowest BCUT2D eigenvalue weighted by Crippen LogP contribution is -2.04. The first-order chi connectivity index (χ1) is 8.16. The van der Waals surface area contributed by atoms with Crippen molar-refractivity contribution in [2.75, 3.05) is 5.73 Å². The van der Waals surface area contributed by atoms with Crippen LogP contribution in [0.3, 0.4) is 0 Å². The molecule has 2 heterocycles. The first-order valence-electron chi connectivity index (χ1n) is 5.79. The van der Waals surface area contributed by atoms with E-state index in [1.54, 1.807) is 0 Å². The molecule has 0 radical (unpaired) electrons. The Morgan fingerprint density at radius 2 is 2.06 bits per heavy atom. The van der Waals surface area contributed by atoms with E-state index in [1.165, 1.54) is 12.8 Å². The molecule has 1 aliphatic carbocycles. The van der Waals surface area contributed by atoms with Gasteiger partial charge >= 0.3 is 0 Å². The van der Waals surface area contributed by atoms with Crippen LogP contribution in [0.5, 0.6) is 0 Å². The third-order valence-electron chi connectivity index (χ3n) is 3.26. The molecule has 0 atom stereocenters. The molecule has 0 unspecified atom stereocenters. The Morgan fingerprint density at radius 3 is 2.71 bits per heavy atom. The molecule has 0 spiro atoms. The SMILES string of the molecule is Cc1nc(-c2cncn2C2CC2)nc(N)c1C. The number of anilines is 1. The van der Waals surface area contributed by atoms with Gasteiger partial charge in [-0.2, -0.15) is 0 Å². The Kier molecular flexibility index (Phi) is 2.14. The first-order valence-corrected chi connectivity index (χ1v) is 5.79. The van der Waals surface area contributed by atoms with Gasteiger partial charge in [0.15, 0.2) is 5.82 Å². The second-order valence-electron chi connectivity index (χ2n) is 4.56. The molecule has 0 bridgehead atoms. The monoisotopic (exact) mass is 229 g/mol. The Morgan fingerprint density at radius 1 is 1.29 bits per heavy atom. The number of nitrogens with zero attached hydrogens (tertiary/aromatic N) is 4. The van der Waals surface area contributed by atoms with Crippen LogP contribution in [-0.4, -0.2) is 19.5 Å². The van der Waals surface area contributed by atoms with Gasteiger partial charge in [-0.05, 0) is 26.7 Å². The summed E-state index contributed by atoms with van der Waals surface area (Å²) < 4.78 is 2.14. The predicted octanol–water partition coefficient (Wildman–Crippen LogP) is 1.87. The lowest BCUT2D eigenvalue weighted by atomic mass is 10.2. The number of aryl methyl sites for hydroxylation is 1. The van der Waals surface area contributed by atoms with E-state index in [-0.39, 0.29) is 0 Å². The smallest absolute Gasteiger partial charge is 0.180 e. The zero-order valence-corrected chi connectivity index (χ0v) is 10.0. The van der Waals surface area contributed by atoms with Gasteiger partial charge in [-0.25, -0.2) is 15.0 Å². The van der Waals surface area contributed by atoms with E-state index in [0.29, 0.717) is 17.7 Å². The lowest BCUT2D eigenvalue weighted by Gasteiger charge is -2.08. The van der Waals surface area contributed by atoms with E-state index in [9.17, 15) is 0 Å². The van der Waals surface area contributed by atoms with Crippen molar-refractivity contribution in [1.82, 2.24) is 19.5 Å². The average molecular weight is 229 g/mol. The van der Waals surface area contributed by atoms with E-state index in [1.807, 2.05) is 26.4 Å². The zero-order chi connectivity index (χ0) is 12.0. The zero-order valence-electron chi connectivity index (χ0n) is 10.0. The number of nitrogens with two attached hydrogens (primary N) is 1. The van der Waals surface area contributed by atoms with Gasteiger partial charge in [0.1, 0.15) is 11.5 Å². The maximum atomic E-state index is 5.89. The van der Waals surface area contributed by atoms with Crippen molar-refractivity contribution in [1.29, 1.82) is 0 Å². The first kappa shape index (κ1) is 10.3. The highest BCUT2D eigenvalue weighted by atomic mass is 15.1. The van der Waals surface area contributed by atoms with Gasteiger partial charge in [-0.1, -0.05) is 0 Å². The molecule has 3 rings (SSSR count). The predicted molar refractivity (Wildman–Crippen MR) is 65.4 cm³/mol. The summed E-state index contributed by atoms with van der Waals surface area (Å²) in [4.78, 5) is 13.0. The molecule has 2 aromatic rings. The third-order valence-corrected chi connectivity index (χ3v) is 3.26. The highest BCUT2D eigenvalue weighted by Gasteiger charge is 2.26. The minimum Gasteiger partial charge on any atom is -0.383 e. The Labute approximate surface area is 99.7 Å². The number of rotatable bonds is 2. The summed E-state index contributed by atoms with van der Waals surface area (Å²) in [6.45, 7) is 3.89. The molecule has 5 heteroatoms. The molecule has 1 aliphatic rings. The summed E-state index contributed by atoms with van der Waals surface area (Å²) in [5.41, 5.74) is 8.73. The fourth-order valence-corrected chi connectivity index (χ4v) is 1.89. The molecule has 0 aromatic carbocycles. The average Bonchev–Trinajstić information content (AvgIpc) is 3.03. The number of hydrogen-bond donors (Lipinski definition) is 1. The number of nitrogen functional groups attached to an aromatic ring is 1. The van der Waals surface area contributed by atoms with Crippen LogP contribution in [0.15, 0.2) is 12.5 Å². The van der Waals surface area contributed by atoms with Crippen LogP contribution in [0, 0.1) is 13.8 Å². The largest absolute Gasteiger partial charge is 0.383 e. The molecule has 1 fully saturated rings. The second-order valence-corrected chi connectivity index (χ2v) is 4.56. The van der Waals surface area contributed by atoms with Crippen molar-refractivity contribution >= 4 is 5.82 Å².